The number of nitrogens with zero attached hydrogens (tertiary/aromatic N) is 2. The summed E-state index contributed by atoms with van der Waals surface area (Å²) in [6.45, 7) is -0.875. The molecule has 1 aliphatic heterocycles. The van der Waals surface area contributed by atoms with Gasteiger partial charge in [-0.3, -0.25) is 9.09 Å². The Balaban J connectivity index is 0.00000338. The third-order valence-corrected chi connectivity index (χ3v) is 5.23. The molecule has 17 heteroatoms. The van der Waals surface area contributed by atoms with Crippen molar-refractivity contribution in [1.82, 2.24) is 9.55 Å². The summed E-state index contributed by atoms with van der Waals surface area (Å²) >= 11 is 0. The minimum absolute atomic E-state index is 0. The van der Waals surface area contributed by atoms with Crippen molar-refractivity contribution in [1.29, 1.82) is 0 Å². The van der Waals surface area contributed by atoms with Gasteiger partial charge in [0.1, 0.15) is 24.1 Å². The van der Waals surface area contributed by atoms with E-state index in [0.717, 1.165) is 10.8 Å². The van der Waals surface area contributed by atoms with E-state index >= 15 is 0 Å². The molecule has 2 rings (SSSR count). The van der Waals surface area contributed by atoms with Gasteiger partial charge in [-0.15, -0.1) is 0 Å². The van der Waals surface area contributed by atoms with Crippen LogP contribution in [0.15, 0.2) is 17.1 Å². The van der Waals surface area contributed by atoms with Crippen LogP contribution in [0.4, 0.5) is 5.82 Å². The largest absolute Gasteiger partial charge is 0.481 e. The summed E-state index contributed by atoms with van der Waals surface area (Å²) < 4.78 is 35.8. The zero-order valence-electron chi connectivity index (χ0n) is 13.2. The van der Waals surface area contributed by atoms with Crippen molar-refractivity contribution in [3.63, 3.8) is 0 Å². The van der Waals surface area contributed by atoms with Gasteiger partial charge in [-0.1, -0.05) is 0 Å². The Morgan fingerprint density at radius 1 is 1.27 bits per heavy atom. The summed E-state index contributed by atoms with van der Waals surface area (Å²) in [5, 5.41) is 19.8. The van der Waals surface area contributed by atoms with Crippen LogP contribution in [0.25, 0.3) is 0 Å². The molecule has 5 atom stereocenters. The average molecular weight is 426 g/mol. The van der Waals surface area contributed by atoms with Crippen LogP contribution < -0.4 is 11.4 Å². The molecule has 0 bridgehead atoms. The molecule has 0 amide bonds. The number of rotatable bonds is 6. The molecule has 1 radical (unpaired) electrons. The number of ether oxygens (including phenoxy) is 1. The van der Waals surface area contributed by atoms with Gasteiger partial charge >= 0.3 is 21.3 Å². The van der Waals surface area contributed by atoms with E-state index in [-0.39, 0.29) is 35.4 Å². The minimum Gasteiger partial charge on any atom is -0.387 e. The molecule has 5 unspecified atom stereocenters. The fraction of sp³-hybridized carbons (Fsp3) is 0.556. The quantitative estimate of drug-likeness (QED) is 0.201. The number of phosphoric acid groups is 2. The summed E-state index contributed by atoms with van der Waals surface area (Å²) in [5.41, 5.74) is 4.45. The standard InChI is InChI=1S/C9H15N3O11P2.Na/c10-5-1-2-12(9(15)11-5)8-7(14)6(13)4(22-8)3-21-25(19,20)23-24(16,17)18;/h1-2,4,6-8,13-14H,3H2,(H,19,20)(H2,10,11,15)(H2,16,17,18);. The predicted molar refractivity (Wildman–Crippen MR) is 83.5 cm³/mol. The number of nitrogen functional groups attached to an aromatic ring is 1. The monoisotopic (exact) mass is 426 g/mol. The molecule has 1 aliphatic rings. The van der Waals surface area contributed by atoms with Crippen LogP contribution >= 0.6 is 15.6 Å². The first kappa shape index (κ1) is 23.9. The first-order valence-electron chi connectivity index (χ1n) is 6.50. The van der Waals surface area contributed by atoms with Gasteiger partial charge in [-0.2, -0.15) is 9.29 Å². The van der Waals surface area contributed by atoms with Crippen molar-refractivity contribution < 1.29 is 47.6 Å². The topological polar surface area (TPSA) is 224 Å². The molecule has 0 aromatic carbocycles. The smallest absolute Gasteiger partial charge is 0.387 e. The minimum atomic E-state index is -5.30. The Bertz CT molecular complexity index is 784. The van der Waals surface area contributed by atoms with E-state index in [1.807, 2.05) is 0 Å². The maximum Gasteiger partial charge on any atom is 0.481 e. The van der Waals surface area contributed by atoms with E-state index in [1.54, 1.807) is 0 Å². The van der Waals surface area contributed by atoms with Crippen LogP contribution in [0.1, 0.15) is 6.23 Å². The van der Waals surface area contributed by atoms with Crippen LogP contribution in [0.5, 0.6) is 0 Å². The van der Waals surface area contributed by atoms with E-state index in [2.05, 4.69) is 13.8 Å². The number of aliphatic hydroxyl groups excluding tert-OH is 2. The Labute approximate surface area is 167 Å². The number of hydrogen-bond donors (Lipinski definition) is 6. The Morgan fingerprint density at radius 3 is 2.42 bits per heavy atom. The van der Waals surface area contributed by atoms with Crippen LogP contribution in [-0.2, 0) is 22.7 Å². The van der Waals surface area contributed by atoms with Gasteiger partial charge in [0.05, 0.1) is 6.61 Å². The zero-order chi connectivity index (χ0) is 19.0. The van der Waals surface area contributed by atoms with Crippen LogP contribution in [0.2, 0.25) is 0 Å². The summed E-state index contributed by atoms with van der Waals surface area (Å²) in [7, 11) is -10.5. The fourth-order valence-electron chi connectivity index (χ4n) is 2.04. The third kappa shape index (κ3) is 6.17. The fourth-order valence-corrected chi connectivity index (χ4v) is 3.64. The average Bonchev–Trinajstić information content (AvgIpc) is 2.71. The van der Waals surface area contributed by atoms with Crippen molar-refractivity contribution in [2.45, 2.75) is 24.5 Å². The Hall–Kier alpha value is -0.180. The van der Waals surface area contributed by atoms with E-state index in [9.17, 15) is 24.1 Å². The summed E-state index contributed by atoms with van der Waals surface area (Å²) in [5.74, 6) is -0.0787. The number of anilines is 1. The van der Waals surface area contributed by atoms with Crippen LogP contribution in [0.3, 0.4) is 0 Å². The number of nitrogens with two attached hydrogens (primary N) is 1. The molecule has 0 aliphatic carbocycles. The van der Waals surface area contributed by atoms with Crippen molar-refractivity contribution in [2.75, 3.05) is 12.3 Å². The molecule has 14 nitrogen and oxygen atoms in total. The number of phosphoric ester groups is 1. The van der Waals surface area contributed by atoms with Gasteiger partial charge in [0.2, 0.25) is 0 Å². The zero-order valence-corrected chi connectivity index (χ0v) is 17.0. The van der Waals surface area contributed by atoms with Crippen LogP contribution in [0, 0.1) is 0 Å². The van der Waals surface area contributed by atoms with Crippen LogP contribution in [-0.4, -0.2) is 88.9 Å². The van der Waals surface area contributed by atoms with Crippen molar-refractivity contribution >= 4 is 51.0 Å². The second-order valence-corrected chi connectivity index (χ2v) is 7.75. The van der Waals surface area contributed by atoms with Gasteiger partial charge < -0.3 is 35.4 Å². The van der Waals surface area contributed by atoms with E-state index < -0.39 is 52.5 Å². The Morgan fingerprint density at radius 2 is 1.88 bits per heavy atom. The molecule has 1 aromatic rings. The second kappa shape index (κ2) is 8.88. The molecule has 1 saturated heterocycles. The molecule has 26 heavy (non-hydrogen) atoms. The first-order chi connectivity index (χ1) is 11.4. The Kier molecular flexibility index (Phi) is 8.15. The van der Waals surface area contributed by atoms with Crippen molar-refractivity contribution in [3.05, 3.63) is 22.7 Å². The first-order valence-corrected chi connectivity index (χ1v) is 9.53. The molecule has 2 heterocycles. The van der Waals surface area contributed by atoms with Crippen molar-refractivity contribution in [2.24, 2.45) is 0 Å². The summed E-state index contributed by atoms with van der Waals surface area (Å²) in [6, 6.07) is 1.24. The maximum atomic E-state index is 11.7. The number of hydrogen-bond acceptors (Lipinski definition) is 10. The molecular formula is C9H15N3NaO11P2. The van der Waals surface area contributed by atoms with Gasteiger partial charge in [0, 0.05) is 35.8 Å². The SMILES string of the molecule is Nc1ccn(C2OC(COP(=O)(O)OP(=O)(O)O)C(O)C2O)c(=O)n1.[Na]. The number of aromatic nitrogens is 2. The molecule has 143 valence electrons. The molecule has 7 N–H and O–H groups in total. The predicted octanol–water partition coefficient (Wildman–Crippen LogP) is -2.71. The summed E-state index contributed by atoms with van der Waals surface area (Å²) in [6.07, 6.45) is -4.93. The third-order valence-electron chi connectivity index (χ3n) is 3.07. The number of aliphatic hydroxyl groups is 2. The molecule has 1 aromatic heterocycles. The molecule has 1 fully saturated rings. The molecule has 0 saturated carbocycles. The normalized spacial score (nSPS) is 28.3. The van der Waals surface area contributed by atoms with E-state index in [0.29, 0.717) is 0 Å². The van der Waals surface area contributed by atoms with Gasteiger partial charge in [0.15, 0.2) is 6.23 Å². The molecular weight excluding hydrogens is 411 g/mol. The summed E-state index contributed by atoms with van der Waals surface area (Å²) in [4.78, 5) is 41.3. The molecule has 0 spiro atoms. The van der Waals surface area contributed by atoms with Gasteiger partial charge in [-0.05, 0) is 6.07 Å². The van der Waals surface area contributed by atoms with Crippen molar-refractivity contribution in [3.8, 4) is 0 Å². The van der Waals surface area contributed by atoms with E-state index in [1.165, 1.54) is 6.07 Å². The van der Waals surface area contributed by atoms with Gasteiger partial charge in [-0.25, -0.2) is 13.9 Å². The second-order valence-electron chi connectivity index (χ2n) is 4.93. The maximum absolute atomic E-state index is 11.7. The van der Waals surface area contributed by atoms with Gasteiger partial charge in [0.25, 0.3) is 0 Å². The van der Waals surface area contributed by atoms with E-state index in [4.69, 9.17) is 25.2 Å².